The monoisotopic (exact) mass is 687 g/mol. The lowest BCUT2D eigenvalue weighted by Gasteiger charge is -2.17. The van der Waals surface area contributed by atoms with Crippen LogP contribution in [0.25, 0.3) is 0 Å². The average Bonchev–Trinajstić information content (AvgIpc) is 3.10. The molecule has 0 fully saturated rings. The molecule has 0 rings (SSSR count). The van der Waals surface area contributed by atoms with Gasteiger partial charge in [-0.05, 0) is 25.7 Å². The van der Waals surface area contributed by atoms with Crippen molar-refractivity contribution in [3.05, 3.63) is 48.6 Å². The van der Waals surface area contributed by atoms with Crippen LogP contribution in [0.15, 0.2) is 48.6 Å². The van der Waals surface area contributed by atoms with Gasteiger partial charge < -0.3 is 14.2 Å². The Hall–Kier alpha value is -2.63. The molecule has 6 nitrogen and oxygen atoms in total. The molecule has 0 unspecified atom stereocenters. The van der Waals surface area contributed by atoms with Crippen molar-refractivity contribution < 1.29 is 28.6 Å². The van der Waals surface area contributed by atoms with Gasteiger partial charge in [0.1, 0.15) is 13.2 Å². The first-order valence-electron chi connectivity index (χ1n) is 20.2. The maximum Gasteiger partial charge on any atom is 0.331 e. The van der Waals surface area contributed by atoms with Crippen LogP contribution in [0.5, 0.6) is 0 Å². The van der Waals surface area contributed by atoms with Crippen molar-refractivity contribution in [2.24, 2.45) is 0 Å². The molecule has 49 heavy (non-hydrogen) atoms. The van der Waals surface area contributed by atoms with E-state index in [1.807, 2.05) is 18.2 Å². The molecule has 0 atom stereocenters. The van der Waals surface area contributed by atoms with Crippen LogP contribution in [0.2, 0.25) is 0 Å². The van der Waals surface area contributed by atoms with Crippen molar-refractivity contribution in [3.63, 3.8) is 0 Å². The predicted octanol–water partition coefficient (Wildman–Crippen LogP) is 12.4. The number of unbranched alkanes of at least 4 members (excludes halogenated alkanes) is 21. The number of allylic oxidation sites excluding steroid dienone is 7. The Morgan fingerprint density at radius 2 is 0.816 bits per heavy atom. The van der Waals surface area contributed by atoms with E-state index in [4.69, 9.17) is 14.2 Å². The summed E-state index contributed by atoms with van der Waals surface area (Å²) in [5.41, 5.74) is 0. The lowest BCUT2D eigenvalue weighted by Crippen LogP contribution is -2.30. The molecular weight excluding hydrogens is 612 g/mol. The SMILES string of the molecule is CCCCCCCCCCC\C=C/C=C\C=C/C=CC(=O)OC(COC(=O)CCCCCCCCC)COC(=O)CCCCCCCCC. The van der Waals surface area contributed by atoms with Gasteiger partial charge in [-0.1, -0.05) is 192 Å². The second-order valence-corrected chi connectivity index (χ2v) is 13.3. The first-order valence-corrected chi connectivity index (χ1v) is 20.2. The van der Waals surface area contributed by atoms with Crippen LogP contribution in [-0.2, 0) is 28.6 Å². The molecule has 0 aliphatic carbocycles. The fraction of sp³-hybridized carbons (Fsp3) is 0.744. The van der Waals surface area contributed by atoms with E-state index in [1.54, 1.807) is 12.2 Å². The summed E-state index contributed by atoms with van der Waals surface area (Å²) in [5.74, 6) is -1.22. The Kier molecular flexibility index (Phi) is 36.1. The molecule has 0 saturated heterocycles. The van der Waals surface area contributed by atoms with Gasteiger partial charge in [0.2, 0.25) is 0 Å². The summed E-state index contributed by atoms with van der Waals surface area (Å²) in [6.45, 7) is 6.38. The van der Waals surface area contributed by atoms with Gasteiger partial charge in [0.25, 0.3) is 0 Å². The topological polar surface area (TPSA) is 78.9 Å². The van der Waals surface area contributed by atoms with Gasteiger partial charge in [-0.2, -0.15) is 0 Å². The summed E-state index contributed by atoms with van der Waals surface area (Å²) < 4.78 is 16.3. The van der Waals surface area contributed by atoms with Crippen molar-refractivity contribution in [1.82, 2.24) is 0 Å². The summed E-state index contributed by atoms with van der Waals surface area (Å²) in [6.07, 6.45) is 43.2. The van der Waals surface area contributed by atoms with Gasteiger partial charge in [0.05, 0.1) is 0 Å². The average molecular weight is 687 g/mol. The first-order chi connectivity index (χ1) is 24.0. The summed E-state index contributed by atoms with van der Waals surface area (Å²) in [5, 5.41) is 0. The van der Waals surface area contributed by atoms with Crippen molar-refractivity contribution in [1.29, 1.82) is 0 Å². The molecule has 0 N–H and O–H groups in total. The maximum atomic E-state index is 12.5. The first kappa shape index (κ1) is 46.4. The largest absolute Gasteiger partial charge is 0.462 e. The summed E-state index contributed by atoms with van der Waals surface area (Å²) in [7, 11) is 0. The second-order valence-electron chi connectivity index (χ2n) is 13.3. The van der Waals surface area contributed by atoms with E-state index in [2.05, 4.69) is 32.9 Å². The minimum absolute atomic E-state index is 0.135. The van der Waals surface area contributed by atoms with Gasteiger partial charge in [0.15, 0.2) is 6.10 Å². The number of carbonyl (C=O) groups is 3. The Labute approximate surface area is 301 Å². The highest BCUT2D eigenvalue weighted by Gasteiger charge is 2.18. The van der Waals surface area contributed by atoms with Gasteiger partial charge in [-0.15, -0.1) is 0 Å². The van der Waals surface area contributed by atoms with Crippen molar-refractivity contribution in [2.45, 2.75) is 194 Å². The van der Waals surface area contributed by atoms with Gasteiger partial charge in [-0.25, -0.2) is 4.79 Å². The minimum Gasteiger partial charge on any atom is -0.462 e. The van der Waals surface area contributed by atoms with Gasteiger partial charge in [-0.3, -0.25) is 9.59 Å². The van der Waals surface area contributed by atoms with Crippen molar-refractivity contribution >= 4 is 17.9 Å². The van der Waals surface area contributed by atoms with Crippen molar-refractivity contribution in [3.8, 4) is 0 Å². The zero-order chi connectivity index (χ0) is 35.9. The van der Waals surface area contributed by atoms with Gasteiger partial charge in [0, 0.05) is 18.9 Å². The van der Waals surface area contributed by atoms with E-state index in [0.29, 0.717) is 12.8 Å². The molecule has 0 aromatic rings. The molecule has 0 bridgehead atoms. The van der Waals surface area contributed by atoms with Crippen LogP contribution in [-0.4, -0.2) is 37.2 Å². The van der Waals surface area contributed by atoms with Crippen LogP contribution in [0, 0.1) is 0 Å². The number of carbonyl (C=O) groups excluding carboxylic acids is 3. The molecule has 0 radical (unpaired) electrons. The number of hydrogen-bond donors (Lipinski definition) is 0. The molecule has 0 saturated carbocycles. The molecular formula is C43H74O6. The van der Waals surface area contributed by atoms with E-state index in [-0.39, 0.29) is 25.2 Å². The lowest BCUT2D eigenvalue weighted by atomic mass is 10.1. The fourth-order valence-electron chi connectivity index (χ4n) is 5.43. The highest BCUT2D eigenvalue weighted by molar-refractivity contribution is 5.82. The maximum absolute atomic E-state index is 12.5. The summed E-state index contributed by atoms with van der Waals surface area (Å²) >= 11 is 0. The molecule has 0 aromatic heterocycles. The number of rotatable bonds is 35. The van der Waals surface area contributed by atoms with E-state index in [1.165, 1.54) is 115 Å². The fourth-order valence-corrected chi connectivity index (χ4v) is 5.43. The van der Waals surface area contributed by atoms with E-state index in [9.17, 15) is 14.4 Å². The molecule has 0 amide bonds. The molecule has 0 heterocycles. The highest BCUT2D eigenvalue weighted by Crippen LogP contribution is 2.12. The number of esters is 3. The minimum atomic E-state index is -0.854. The number of hydrogen-bond acceptors (Lipinski definition) is 6. The normalized spacial score (nSPS) is 11.9. The predicted molar refractivity (Wildman–Crippen MR) is 205 cm³/mol. The smallest absolute Gasteiger partial charge is 0.331 e. The van der Waals surface area contributed by atoms with E-state index < -0.39 is 12.1 Å². The van der Waals surface area contributed by atoms with Gasteiger partial charge >= 0.3 is 17.9 Å². The van der Waals surface area contributed by atoms with Crippen LogP contribution in [0.3, 0.4) is 0 Å². The zero-order valence-electron chi connectivity index (χ0n) is 31.9. The zero-order valence-corrected chi connectivity index (χ0v) is 31.9. The van der Waals surface area contributed by atoms with Crippen molar-refractivity contribution in [2.75, 3.05) is 13.2 Å². The Bertz CT molecular complexity index is 853. The third-order valence-corrected chi connectivity index (χ3v) is 8.51. The number of ether oxygens (including phenoxy) is 3. The molecule has 0 spiro atoms. The Morgan fingerprint density at radius 3 is 1.27 bits per heavy atom. The van der Waals surface area contributed by atoms with E-state index >= 15 is 0 Å². The molecule has 0 aliphatic rings. The third-order valence-electron chi connectivity index (χ3n) is 8.51. The van der Waals surface area contributed by atoms with Crippen LogP contribution >= 0.6 is 0 Å². The standard InChI is InChI=1S/C43H74O6/c1-4-7-10-13-16-17-18-19-20-21-22-23-24-25-28-31-34-37-43(46)49-40(38-47-41(44)35-32-29-26-14-11-8-5-2)39-48-42(45)36-33-30-27-15-12-9-6-3/h22-25,28,31,34,37,40H,4-21,26-27,29-30,32-33,35-36,38-39H2,1-3H3/b23-22-,25-24-,31-28-,37-34?. The van der Waals surface area contributed by atoms with Crippen LogP contribution < -0.4 is 0 Å². The quantitative estimate of drug-likeness (QED) is 0.0217. The Balaban J connectivity index is 4.51. The molecule has 282 valence electrons. The molecule has 0 aliphatic heterocycles. The lowest BCUT2D eigenvalue weighted by molar-refractivity contribution is -0.163. The second kappa shape index (κ2) is 38.2. The Morgan fingerprint density at radius 1 is 0.449 bits per heavy atom. The van der Waals surface area contributed by atoms with E-state index in [0.717, 1.165) is 44.9 Å². The molecule has 0 aromatic carbocycles. The van der Waals surface area contributed by atoms with Crippen LogP contribution in [0.4, 0.5) is 0 Å². The molecule has 6 heteroatoms. The summed E-state index contributed by atoms with van der Waals surface area (Å²) in [4.78, 5) is 37.1. The summed E-state index contributed by atoms with van der Waals surface area (Å²) in [6, 6.07) is 0. The van der Waals surface area contributed by atoms with Crippen LogP contribution in [0.1, 0.15) is 188 Å². The highest BCUT2D eigenvalue weighted by atomic mass is 16.6. The third kappa shape index (κ3) is 36.5.